The van der Waals surface area contributed by atoms with E-state index in [-0.39, 0.29) is 11.6 Å². The quantitative estimate of drug-likeness (QED) is 0.471. The number of nitrogens with zero attached hydrogens (tertiary/aromatic N) is 4. The molecule has 1 aromatic rings. The van der Waals surface area contributed by atoms with Gasteiger partial charge in [-0.05, 0) is 69.9 Å². The number of benzene rings is 1. The lowest BCUT2D eigenvalue weighted by atomic mass is 9.80. The van der Waals surface area contributed by atoms with E-state index in [1.165, 1.54) is 29.7 Å². The van der Waals surface area contributed by atoms with E-state index in [4.69, 9.17) is 14.3 Å². The number of carbonyl (C=O) groups is 1. The van der Waals surface area contributed by atoms with Gasteiger partial charge in [-0.1, -0.05) is 5.16 Å². The van der Waals surface area contributed by atoms with Crippen LogP contribution < -0.4 is 9.64 Å². The van der Waals surface area contributed by atoms with Crippen LogP contribution in [0.15, 0.2) is 17.3 Å². The Morgan fingerprint density at radius 2 is 1.82 bits per heavy atom. The van der Waals surface area contributed by atoms with Crippen molar-refractivity contribution in [2.45, 2.75) is 83.0 Å². The number of hydrogen-bond donors (Lipinski definition) is 0. The van der Waals surface area contributed by atoms with Crippen molar-refractivity contribution >= 4 is 17.5 Å². The number of alkyl halides is 1. The fraction of sp³-hybridized carbons (Fsp3) is 0.733. The first kappa shape index (κ1) is 26.7. The van der Waals surface area contributed by atoms with Crippen molar-refractivity contribution in [1.29, 1.82) is 0 Å². The molecule has 0 atom stereocenters. The Balaban J connectivity index is 1.06. The minimum absolute atomic E-state index is 0.0852. The second-order valence-electron chi connectivity index (χ2n) is 12.5. The molecule has 0 radical (unpaired) electrons. The number of esters is 1. The number of halogens is 1. The number of carbonyl (C=O) groups excluding carboxylic acids is 1. The predicted octanol–water partition coefficient (Wildman–Crippen LogP) is 4.46. The molecule has 1 spiro atoms. The first-order valence-electron chi connectivity index (χ1n) is 14.8. The smallest absolute Gasteiger partial charge is 0.311 e. The Kier molecular flexibility index (Phi) is 7.14. The molecule has 4 fully saturated rings. The number of hydrogen-bond acceptors (Lipinski definition) is 8. The van der Waals surface area contributed by atoms with Crippen molar-refractivity contribution in [3.05, 3.63) is 23.3 Å². The lowest BCUT2D eigenvalue weighted by molar-refractivity contribution is -0.156. The zero-order valence-corrected chi connectivity index (χ0v) is 23.7. The number of piperidine rings is 2. The van der Waals surface area contributed by atoms with E-state index in [1.54, 1.807) is 7.11 Å². The van der Waals surface area contributed by atoms with E-state index in [0.717, 1.165) is 76.7 Å². The number of anilines is 1. The Labute approximate surface area is 231 Å². The number of oxime groups is 1. The van der Waals surface area contributed by atoms with Gasteiger partial charge in [-0.15, -0.1) is 0 Å². The second kappa shape index (κ2) is 10.5. The molecule has 0 N–H and O–H groups in total. The van der Waals surface area contributed by atoms with Gasteiger partial charge in [0.2, 0.25) is 0 Å². The van der Waals surface area contributed by atoms with Gasteiger partial charge < -0.3 is 24.1 Å². The van der Waals surface area contributed by atoms with Crippen LogP contribution in [0.1, 0.15) is 75.8 Å². The molecule has 0 unspecified atom stereocenters. The van der Waals surface area contributed by atoms with Crippen LogP contribution in [0.2, 0.25) is 0 Å². The van der Waals surface area contributed by atoms with Crippen LogP contribution in [0.3, 0.4) is 0 Å². The normalized spacial score (nSPS) is 24.8. The highest BCUT2D eigenvalue weighted by atomic mass is 19.1. The molecule has 8 nitrogen and oxygen atoms in total. The molecule has 5 aliphatic rings. The molecule has 1 aromatic carbocycles. The molecule has 1 saturated carbocycles. The zero-order chi connectivity index (χ0) is 27.2. The minimum atomic E-state index is -0.674. The first-order chi connectivity index (χ1) is 18.8. The molecule has 214 valence electrons. The van der Waals surface area contributed by atoms with Gasteiger partial charge in [-0.2, -0.15) is 0 Å². The molecule has 3 saturated heterocycles. The first-order valence-corrected chi connectivity index (χ1v) is 14.8. The summed E-state index contributed by atoms with van der Waals surface area (Å²) in [6, 6.07) is 4.55. The topological polar surface area (TPSA) is 66.8 Å². The summed E-state index contributed by atoms with van der Waals surface area (Å²) in [6.45, 7) is 9.94. The average Bonchev–Trinajstić information content (AvgIpc) is 3.67. The molecular weight excluding hydrogens is 499 g/mol. The SMILES string of the molecule is CCOC(=O)C1(C)CCN(C2=NOC3(C2)CN(Cc2cc(C4CC4)c(N4CCC(F)CC4)cc2OC)C3)CC1. The summed E-state index contributed by atoms with van der Waals surface area (Å²) in [5, 5.41) is 4.50. The predicted molar refractivity (Wildman–Crippen MR) is 148 cm³/mol. The third kappa shape index (κ3) is 5.31. The summed E-state index contributed by atoms with van der Waals surface area (Å²) in [4.78, 5) is 25.5. The van der Waals surface area contributed by atoms with Gasteiger partial charge in [0.1, 0.15) is 17.8 Å². The maximum atomic E-state index is 13.8. The maximum absolute atomic E-state index is 13.8. The van der Waals surface area contributed by atoms with Gasteiger partial charge in [0.15, 0.2) is 5.60 Å². The Bertz CT molecular complexity index is 1100. The van der Waals surface area contributed by atoms with Crippen LogP contribution in [-0.2, 0) is 20.9 Å². The van der Waals surface area contributed by atoms with Crippen LogP contribution in [0, 0.1) is 5.41 Å². The zero-order valence-electron chi connectivity index (χ0n) is 23.7. The molecule has 9 heteroatoms. The molecule has 4 aliphatic heterocycles. The molecule has 6 rings (SSSR count). The Morgan fingerprint density at radius 3 is 2.46 bits per heavy atom. The van der Waals surface area contributed by atoms with E-state index in [0.29, 0.717) is 25.4 Å². The Hall–Kier alpha value is -2.55. The summed E-state index contributed by atoms with van der Waals surface area (Å²) in [5.74, 6) is 2.45. The molecule has 39 heavy (non-hydrogen) atoms. The van der Waals surface area contributed by atoms with Gasteiger partial charge >= 0.3 is 5.97 Å². The van der Waals surface area contributed by atoms with E-state index < -0.39 is 11.6 Å². The van der Waals surface area contributed by atoms with Gasteiger partial charge in [-0.25, -0.2) is 4.39 Å². The van der Waals surface area contributed by atoms with E-state index in [1.807, 2.05) is 13.8 Å². The molecule has 0 amide bonds. The molecule has 4 heterocycles. The largest absolute Gasteiger partial charge is 0.496 e. The van der Waals surface area contributed by atoms with Crippen LogP contribution in [0.25, 0.3) is 0 Å². The van der Waals surface area contributed by atoms with E-state index >= 15 is 0 Å². The lowest BCUT2D eigenvalue weighted by Gasteiger charge is -2.46. The fourth-order valence-electron chi connectivity index (χ4n) is 6.76. The van der Waals surface area contributed by atoms with Crippen LogP contribution in [-0.4, -0.2) is 86.4 Å². The average molecular weight is 543 g/mol. The van der Waals surface area contributed by atoms with Gasteiger partial charge in [0.05, 0.1) is 25.6 Å². The van der Waals surface area contributed by atoms with Crippen molar-refractivity contribution in [3.63, 3.8) is 0 Å². The standard InChI is InChI=1S/C30H43FN4O4/c1-4-38-28(36)29(2)9-13-35(14-10-29)27-17-30(39-32-27)19-33(20-30)18-22-15-24(21-5-6-21)25(16-26(22)37-3)34-11-7-23(31)8-12-34/h15-16,21,23H,4-14,17-20H2,1-3H3. The summed E-state index contributed by atoms with van der Waals surface area (Å²) < 4.78 is 25.0. The summed E-state index contributed by atoms with van der Waals surface area (Å²) >= 11 is 0. The Morgan fingerprint density at radius 1 is 1.10 bits per heavy atom. The highest BCUT2D eigenvalue weighted by Gasteiger charge is 2.51. The van der Waals surface area contributed by atoms with Crippen LogP contribution in [0.5, 0.6) is 5.75 Å². The number of methoxy groups -OCH3 is 1. The van der Waals surface area contributed by atoms with Gasteiger partial charge in [-0.3, -0.25) is 9.69 Å². The lowest BCUT2D eigenvalue weighted by Crippen LogP contribution is -2.61. The number of amidine groups is 1. The number of ether oxygens (including phenoxy) is 2. The van der Waals surface area contributed by atoms with E-state index in [2.05, 4.69) is 32.0 Å². The van der Waals surface area contributed by atoms with Crippen LogP contribution in [0.4, 0.5) is 10.1 Å². The van der Waals surface area contributed by atoms with Gasteiger partial charge in [0, 0.05) is 63.1 Å². The summed E-state index contributed by atoms with van der Waals surface area (Å²) in [5.41, 5.74) is 3.20. The van der Waals surface area contributed by atoms with E-state index in [9.17, 15) is 9.18 Å². The van der Waals surface area contributed by atoms with Crippen LogP contribution >= 0.6 is 0 Å². The third-order valence-electron chi connectivity index (χ3n) is 9.45. The minimum Gasteiger partial charge on any atom is -0.496 e. The third-order valence-corrected chi connectivity index (χ3v) is 9.45. The summed E-state index contributed by atoms with van der Waals surface area (Å²) in [6.07, 6.45) is 5.36. The monoisotopic (exact) mass is 542 g/mol. The summed E-state index contributed by atoms with van der Waals surface area (Å²) in [7, 11) is 1.75. The van der Waals surface area contributed by atoms with Crippen molar-refractivity contribution in [2.24, 2.45) is 10.6 Å². The maximum Gasteiger partial charge on any atom is 0.311 e. The van der Waals surface area contributed by atoms with Crippen molar-refractivity contribution in [2.75, 3.05) is 57.9 Å². The number of rotatable bonds is 7. The molecule has 1 aliphatic carbocycles. The highest BCUT2D eigenvalue weighted by Crippen LogP contribution is 2.47. The molecular formula is C30H43FN4O4. The van der Waals surface area contributed by atoms with Gasteiger partial charge in [0.25, 0.3) is 0 Å². The highest BCUT2D eigenvalue weighted by molar-refractivity contribution is 5.85. The van der Waals surface area contributed by atoms with Crippen molar-refractivity contribution < 1.29 is 23.5 Å². The second-order valence-corrected chi connectivity index (χ2v) is 12.5. The molecule has 0 bridgehead atoms. The molecule has 0 aromatic heterocycles. The van der Waals surface area contributed by atoms with Crippen molar-refractivity contribution in [3.8, 4) is 5.75 Å². The van der Waals surface area contributed by atoms with Crippen molar-refractivity contribution in [1.82, 2.24) is 9.80 Å². The number of likely N-dealkylation sites (tertiary alicyclic amines) is 2. The fourth-order valence-corrected chi connectivity index (χ4v) is 6.76.